The normalized spacial score (nSPS) is 15.5. The Balaban J connectivity index is 0.00000210. The zero-order valence-corrected chi connectivity index (χ0v) is 16.2. The second-order valence-corrected chi connectivity index (χ2v) is 6.62. The molecule has 0 aliphatic carbocycles. The largest absolute Gasteiger partial charge is 0.345 e. The average Bonchev–Trinajstić information content (AvgIpc) is 2.96. The van der Waals surface area contributed by atoms with E-state index in [4.69, 9.17) is 16.6 Å². The number of hydrogen-bond acceptors (Lipinski definition) is 3. The van der Waals surface area contributed by atoms with Crippen molar-refractivity contribution in [1.82, 2.24) is 14.9 Å². The van der Waals surface area contributed by atoms with Crippen molar-refractivity contribution < 1.29 is 9.18 Å². The number of rotatable bonds is 3. The number of aromatic nitrogens is 2. The first-order valence-electron chi connectivity index (χ1n) is 8.19. The highest BCUT2D eigenvalue weighted by molar-refractivity contribution is 7.59. The van der Waals surface area contributed by atoms with Crippen molar-refractivity contribution in [1.29, 1.82) is 0 Å². The molecule has 1 aliphatic heterocycles. The molecular formula is C19H18ClFN4OS. The van der Waals surface area contributed by atoms with Gasteiger partial charge in [-0.15, -0.1) is 0 Å². The van der Waals surface area contributed by atoms with Crippen LogP contribution < -0.4 is 10.6 Å². The van der Waals surface area contributed by atoms with E-state index >= 15 is 0 Å². The van der Waals surface area contributed by atoms with Gasteiger partial charge in [0.15, 0.2) is 0 Å². The Labute approximate surface area is 168 Å². The third kappa shape index (κ3) is 3.79. The van der Waals surface area contributed by atoms with E-state index in [1.807, 2.05) is 23.6 Å². The van der Waals surface area contributed by atoms with Crippen LogP contribution in [0.15, 0.2) is 48.5 Å². The summed E-state index contributed by atoms with van der Waals surface area (Å²) in [6.45, 7) is 2.06. The van der Waals surface area contributed by atoms with Crippen LogP contribution in [0.2, 0.25) is 5.02 Å². The van der Waals surface area contributed by atoms with Gasteiger partial charge in [0.05, 0.1) is 6.04 Å². The number of amides is 1. The molecule has 140 valence electrons. The molecule has 3 aromatic rings. The molecule has 5 nitrogen and oxygen atoms in total. The Morgan fingerprint density at radius 1 is 1.19 bits per heavy atom. The molecule has 8 heteroatoms. The van der Waals surface area contributed by atoms with E-state index in [1.165, 1.54) is 12.1 Å². The summed E-state index contributed by atoms with van der Waals surface area (Å²) >= 11 is 5.96. The van der Waals surface area contributed by atoms with E-state index in [0.717, 1.165) is 17.1 Å². The Hall–Kier alpha value is -2.51. The minimum absolute atomic E-state index is 0. The molecule has 2 N–H and O–H groups in total. The van der Waals surface area contributed by atoms with Gasteiger partial charge in [0.25, 0.3) is 0 Å². The van der Waals surface area contributed by atoms with Gasteiger partial charge < -0.3 is 15.2 Å². The SMILES string of the molecule is C[C@@H]1NC(=O)Cn2c1nc(-c1ccc(F)cc1)c2Nc1ccc(Cl)cc1.S. The predicted molar refractivity (Wildman–Crippen MR) is 109 cm³/mol. The van der Waals surface area contributed by atoms with Gasteiger partial charge in [-0.2, -0.15) is 13.5 Å². The molecule has 1 aliphatic rings. The van der Waals surface area contributed by atoms with Crippen LogP contribution in [-0.2, 0) is 11.3 Å². The number of nitrogens with zero attached hydrogens (tertiary/aromatic N) is 2. The van der Waals surface area contributed by atoms with Gasteiger partial charge in [0.1, 0.15) is 29.7 Å². The van der Waals surface area contributed by atoms with Gasteiger partial charge in [0, 0.05) is 16.3 Å². The fourth-order valence-electron chi connectivity index (χ4n) is 3.06. The fraction of sp³-hybridized carbons (Fsp3) is 0.158. The molecular weight excluding hydrogens is 387 g/mol. The Morgan fingerprint density at radius 2 is 1.85 bits per heavy atom. The highest BCUT2D eigenvalue weighted by Gasteiger charge is 2.28. The van der Waals surface area contributed by atoms with E-state index in [2.05, 4.69) is 10.6 Å². The summed E-state index contributed by atoms with van der Waals surface area (Å²) in [5.41, 5.74) is 2.25. The average molecular weight is 405 g/mol. The Bertz CT molecular complexity index is 973. The van der Waals surface area contributed by atoms with Crippen molar-refractivity contribution in [3.05, 3.63) is 65.2 Å². The second kappa shape index (κ2) is 7.62. The first-order valence-corrected chi connectivity index (χ1v) is 8.57. The summed E-state index contributed by atoms with van der Waals surface area (Å²) in [4.78, 5) is 16.7. The minimum Gasteiger partial charge on any atom is -0.345 e. The maximum absolute atomic E-state index is 13.3. The van der Waals surface area contributed by atoms with Crippen LogP contribution in [0.5, 0.6) is 0 Å². The van der Waals surface area contributed by atoms with Crippen molar-refractivity contribution >= 4 is 42.5 Å². The summed E-state index contributed by atoms with van der Waals surface area (Å²) in [7, 11) is 0. The highest BCUT2D eigenvalue weighted by atomic mass is 35.5. The van der Waals surface area contributed by atoms with Gasteiger partial charge in [-0.1, -0.05) is 11.6 Å². The van der Waals surface area contributed by atoms with E-state index in [-0.39, 0.29) is 37.8 Å². The van der Waals surface area contributed by atoms with Crippen LogP contribution in [-0.4, -0.2) is 15.5 Å². The molecule has 1 aromatic heterocycles. The van der Waals surface area contributed by atoms with Gasteiger partial charge in [-0.3, -0.25) is 4.79 Å². The Morgan fingerprint density at radius 3 is 2.52 bits per heavy atom. The van der Waals surface area contributed by atoms with Crippen LogP contribution in [0.4, 0.5) is 15.9 Å². The standard InChI is InChI=1S/C19H16ClFN4O.H2S/c1-11-18-24-17(12-2-6-14(21)7-3-12)19(25(18)10-16(26)22-11)23-15-8-4-13(20)5-9-15;/h2-9,11,23H,10H2,1H3,(H,22,26);1H2/t11-;/m0./s1. The summed E-state index contributed by atoms with van der Waals surface area (Å²) in [5.74, 6) is 1.05. The van der Waals surface area contributed by atoms with Crippen molar-refractivity contribution in [2.75, 3.05) is 5.32 Å². The van der Waals surface area contributed by atoms with Crippen molar-refractivity contribution in [2.24, 2.45) is 0 Å². The van der Waals surface area contributed by atoms with Gasteiger partial charge in [0.2, 0.25) is 5.91 Å². The van der Waals surface area contributed by atoms with Crippen molar-refractivity contribution in [3.8, 4) is 11.3 Å². The number of benzene rings is 2. The lowest BCUT2D eigenvalue weighted by molar-refractivity contribution is -0.123. The number of halogens is 2. The predicted octanol–water partition coefficient (Wildman–Crippen LogP) is 4.39. The van der Waals surface area contributed by atoms with E-state index in [9.17, 15) is 9.18 Å². The van der Waals surface area contributed by atoms with Gasteiger partial charge >= 0.3 is 0 Å². The summed E-state index contributed by atoms with van der Waals surface area (Å²) in [5, 5.41) is 6.85. The van der Waals surface area contributed by atoms with Gasteiger partial charge in [-0.25, -0.2) is 9.37 Å². The number of hydrogen-bond donors (Lipinski definition) is 2. The van der Waals surface area contributed by atoms with Crippen LogP contribution in [0.25, 0.3) is 11.3 Å². The lowest BCUT2D eigenvalue weighted by atomic mass is 10.1. The monoisotopic (exact) mass is 404 g/mol. The molecule has 0 saturated heterocycles. The number of nitrogens with one attached hydrogen (secondary N) is 2. The quantitative estimate of drug-likeness (QED) is 0.680. The molecule has 1 atom stereocenters. The van der Waals surface area contributed by atoms with E-state index in [1.54, 1.807) is 24.3 Å². The van der Waals surface area contributed by atoms with E-state index < -0.39 is 0 Å². The maximum Gasteiger partial charge on any atom is 0.240 e. The summed E-state index contributed by atoms with van der Waals surface area (Å²) < 4.78 is 15.2. The number of carbonyl (C=O) groups is 1. The number of imidazole rings is 1. The van der Waals surface area contributed by atoms with Crippen LogP contribution in [0.3, 0.4) is 0 Å². The number of anilines is 2. The summed E-state index contributed by atoms with van der Waals surface area (Å²) in [6.07, 6.45) is 0. The molecule has 27 heavy (non-hydrogen) atoms. The van der Waals surface area contributed by atoms with Crippen LogP contribution >= 0.6 is 25.1 Å². The molecule has 2 aromatic carbocycles. The lowest BCUT2D eigenvalue weighted by Crippen LogP contribution is -2.37. The fourth-order valence-corrected chi connectivity index (χ4v) is 3.19. The second-order valence-electron chi connectivity index (χ2n) is 6.18. The number of fused-ring (bicyclic) bond motifs is 1. The highest BCUT2D eigenvalue weighted by Crippen LogP contribution is 2.34. The topological polar surface area (TPSA) is 59.0 Å². The van der Waals surface area contributed by atoms with Crippen LogP contribution in [0, 0.1) is 5.82 Å². The number of carbonyl (C=O) groups excluding carboxylic acids is 1. The van der Waals surface area contributed by atoms with E-state index in [0.29, 0.717) is 16.5 Å². The Kier molecular flexibility index (Phi) is 5.43. The molecule has 0 unspecified atom stereocenters. The van der Waals surface area contributed by atoms with Crippen molar-refractivity contribution in [3.63, 3.8) is 0 Å². The van der Waals surface area contributed by atoms with Crippen molar-refractivity contribution in [2.45, 2.75) is 19.5 Å². The molecule has 0 saturated carbocycles. The minimum atomic E-state index is -0.310. The molecule has 2 heterocycles. The van der Waals surface area contributed by atoms with Gasteiger partial charge in [-0.05, 0) is 55.5 Å². The lowest BCUT2D eigenvalue weighted by Gasteiger charge is -2.23. The summed E-state index contributed by atoms with van der Waals surface area (Å²) in [6, 6.07) is 13.2. The zero-order chi connectivity index (χ0) is 18.3. The zero-order valence-electron chi connectivity index (χ0n) is 14.5. The molecule has 0 radical (unpaired) electrons. The molecule has 0 bridgehead atoms. The third-order valence-electron chi connectivity index (χ3n) is 4.29. The third-order valence-corrected chi connectivity index (χ3v) is 4.54. The molecule has 0 spiro atoms. The maximum atomic E-state index is 13.3. The molecule has 4 rings (SSSR count). The van der Waals surface area contributed by atoms with Crippen LogP contribution in [0.1, 0.15) is 18.8 Å². The molecule has 1 amide bonds. The first kappa shape index (κ1) is 19.3. The smallest absolute Gasteiger partial charge is 0.240 e. The molecule has 0 fully saturated rings. The first-order chi connectivity index (χ1) is 12.5.